The Balaban J connectivity index is 1.60. The predicted molar refractivity (Wildman–Crippen MR) is 91.9 cm³/mol. The van der Waals surface area contributed by atoms with Crippen LogP contribution in [0.1, 0.15) is 12.5 Å². The van der Waals surface area contributed by atoms with Gasteiger partial charge in [-0.2, -0.15) is 0 Å². The molecular formula is C19H21NO4. The molecule has 0 aromatic heterocycles. The topological polar surface area (TPSA) is 48.0 Å². The number of aryl methyl sites for hydroxylation is 1. The van der Waals surface area contributed by atoms with E-state index in [9.17, 15) is 4.79 Å². The number of carbonyl (C=O) groups excluding carboxylic acids is 1. The molecule has 2 aromatic rings. The number of hydrogen-bond donors (Lipinski definition) is 0. The van der Waals surface area contributed by atoms with Crippen molar-refractivity contribution in [2.75, 3.05) is 24.7 Å². The summed E-state index contributed by atoms with van der Waals surface area (Å²) in [6.07, 6.45) is -0.638. The fourth-order valence-corrected chi connectivity index (χ4v) is 2.61. The summed E-state index contributed by atoms with van der Waals surface area (Å²) in [7, 11) is 0. The van der Waals surface area contributed by atoms with Crippen LogP contribution in [0.25, 0.3) is 0 Å². The molecule has 0 aliphatic carbocycles. The van der Waals surface area contributed by atoms with E-state index in [-0.39, 0.29) is 12.2 Å². The van der Waals surface area contributed by atoms with Gasteiger partial charge in [0, 0.05) is 5.69 Å². The standard InChI is InChI=1S/C19H21NO4/c1-3-22-16-10-8-15(9-11-16)20-12-17(24-19(20)21)13-23-18-7-5-4-6-14(18)2/h4-11,17H,3,12-13H2,1-2H3. The number of cyclic esters (lactones) is 1. The molecule has 0 N–H and O–H groups in total. The quantitative estimate of drug-likeness (QED) is 0.810. The average Bonchev–Trinajstić information content (AvgIpc) is 2.96. The minimum atomic E-state index is -0.349. The second-order valence-corrected chi connectivity index (χ2v) is 5.62. The first kappa shape index (κ1) is 16.2. The van der Waals surface area contributed by atoms with Gasteiger partial charge >= 0.3 is 6.09 Å². The maximum atomic E-state index is 12.1. The fraction of sp³-hybridized carbons (Fsp3) is 0.316. The molecule has 1 fully saturated rings. The van der Waals surface area contributed by atoms with Crippen LogP contribution in [0.3, 0.4) is 0 Å². The van der Waals surface area contributed by atoms with E-state index in [0.717, 1.165) is 22.7 Å². The lowest BCUT2D eigenvalue weighted by molar-refractivity contribution is 0.105. The minimum absolute atomic E-state index is 0.288. The lowest BCUT2D eigenvalue weighted by Gasteiger charge is -2.14. The van der Waals surface area contributed by atoms with Gasteiger partial charge < -0.3 is 14.2 Å². The second kappa shape index (κ2) is 7.25. The molecule has 0 bridgehead atoms. The molecule has 1 aliphatic rings. The Bertz CT molecular complexity index is 699. The molecule has 0 spiro atoms. The van der Waals surface area contributed by atoms with E-state index >= 15 is 0 Å². The van der Waals surface area contributed by atoms with E-state index in [0.29, 0.717) is 19.8 Å². The van der Waals surface area contributed by atoms with Gasteiger partial charge in [-0.05, 0) is 49.7 Å². The first-order valence-electron chi connectivity index (χ1n) is 8.07. The highest BCUT2D eigenvalue weighted by molar-refractivity contribution is 5.89. The van der Waals surface area contributed by atoms with Crippen LogP contribution in [-0.4, -0.2) is 32.0 Å². The van der Waals surface area contributed by atoms with Crippen molar-refractivity contribution < 1.29 is 19.0 Å². The van der Waals surface area contributed by atoms with Crippen molar-refractivity contribution in [2.45, 2.75) is 20.0 Å². The lowest BCUT2D eigenvalue weighted by atomic mass is 10.2. The molecule has 1 saturated heterocycles. The van der Waals surface area contributed by atoms with Gasteiger partial charge in [-0.1, -0.05) is 18.2 Å². The van der Waals surface area contributed by atoms with Gasteiger partial charge in [-0.25, -0.2) is 4.79 Å². The molecule has 0 radical (unpaired) electrons. The third kappa shape index (κ3) is 3.62. The summed E-state index contributed by atoms with van der Waals surface area (Å²) < 4.78 is 16.6. The number of anilines is 1. The summed E-state index contributed by atoms with van der Waals surface area (Å²) in [6, 6.07) is 15.2. The normalized spacial score (nSPS) is 16.8. The van der Waals surface area contributed by atoms with Crippen molar-refractivity contribution in [3.8, 4) is 11.5 Å². The number of ether oxygens (including phenoxy) is 3. The van der Waals surface area contributed by atoms with Crippen LogP contribution in [0.2, 0.25) is 0 Å². The fourth-order valence-electron chi connectivity index (χ4n) is 2.61. The third-order valence-electron chi connectivity index (χ3n) is 3.85. The van der Waals surface area contributed by atoms with Gasteiger partial charge in [0.05, 0.1) is 13.2 Å². The van der Waals surface area contributed by atoms with Gasteiger partial charge in [-0.3, -0.25) is 4.90 Å². The van der Waals surface area contributed by atoms with Gasteiger partial charge in [0.2, 0.25) is 0 Å². The SMILES string of the molecule is CCOc1ccc(N2CC(COc3ccccc3C)OC2=O)cc1. The van der Waals surface area contributed by atoms with Crippen molar-refractivity contribution in [3.63, 3.8) is 0 Å². The summed E-state index contributed by atoms with van der Waals surface area (Å²) in [5, 5.41) is 0. The monoisotopic (exact) mass is 327 g/mol. The molecule has 1 heterocycles. The molecule has 5 heteroatoms. The zero-order valence-corrected chi connectivity index (χ0v) is 13.9. The van der Waals surface area contributed by atoms with Crippen LogP contribution < -0.4 is 14.4 Å². The Morgan fingerprint density at radius 1 is 1.12 bits per heavy atom. The Kier molecular flexibility index (Phi) is 4.89. The lowest BCUT2D eigenvalue weighted by Crippen LogP contribution is -2.26. The van der Waals surface area contributed by atoms with Crippen LogP contribution in [0, 0.1) is 6.92 Å². The van der Waals surface area contributed by atoms with Crippen LogP contribution in [-0.2, 0) is 4.74 Å². The third-order valence-corrected chi connectivity index (χ3v) is 3.85. The van der Waals surface area contributed by atoms with E-state index < -0.39 is 0 Å². The minimum Gasteiger partial charge on any atom is -0.494 e. The average molecular weight is 327 g/mol. The summed E-state index contributed by atoms with van der Waals surface area (Å²) in [4.78, 5) is 13.7. The van der Waals surface area contributed by atoms with Crippen LogP contribution in [0.15, 0.2) is 48.5 Å². The number of hydrogen-bond acceptors (Lipinski definition) is 4. The highest BCUT2D eigenvalue weighted by atomic mass is 16.6. The largest absolute Gasteiger partial charge is 0.494 e. The molecule has 3 rings (SSSR count). The molecule has 5 nitrogen and oxygen atoms in total. The second-order valence-electron chi connectivity index (χ2n) is 5.62. The van der Waals surface area contributed by atoms with Gasteiger partial charge in [0.25, 0.3) is 0 Å². The van der Waals surface area contributed by atoms with E-state index in [1.54, 1.807) is 4.90 Å². The summed E-state index contributed by atoms with van der Waals surface area (Å²) in [5.41, 5.74) is 1.85. The Labute approximate surface area is 141 Å². The smallest absolute Gasteiger partial charge is 0.414 e. The van der Waals surface area contributed by atoms with Crippen molar-refractivity contribution >= 4 is 11.8 Å². The zero-order valence-electron chi connectivity index (χ0n) is 13.9. The molecule has 1 amide bonds. The van der Waals surface area contributed by atoms with Crippen molar-refractivity contribution in [1.82, 2.24) is 0 Å². The summed E-state index contributed by atoms with van der Waals surface area (Å²) in [6.45, 7) is 5.35. The molecule has 1 unspecified atom stereocenters. The van der Waals surface area contributed by atoms with E-state index in [1.165, 1.54) is 0 Å². The van der Waals surface area contributed by atoms with E-state index in [2.05, 4.69) is 0 Å². The molecule has 2 aromatic carbocycles. The summed E-state index contributed by atoms with van der Waals surface area (Å²) in [5.74, 6) is 1.60. The van der Waals surface area contributed by atoms with Crippen LogP contribution >= 0.6 is 0 Å². The van der Waals surface area contributed by atoms with Crippen molar-refractivity contribution in [3.05, 3.63) is 54.1 Å². The van der Waals surface area contributed by atoms with E-state index in [1.807, 2.05) is 62.4 Å². The first-order valence-corrected chi connectivity index (χ1v) is 8.07. The van der Waals surface area contributed by atoms with Crippen molar-refractivity contribution in [1.29, 1.82) is 0 Å². The Morgan fingerprint density at radius 3 is 2.58 bits per heavy atom. The molecule has 126 valence electrons. The van der Waals surface area contributed by atoms with Gasteiger partial charge in [-0.15, -0.1) is 0 Å². The maximum Gasteiger partial charge on any atom is 0.414 e. The van der Waals surface area contributed by atoms with Gasteiger partial charge in [0.1, 0.15) is 18.1 Å². The Hall–Kier alpha value is -2.69. The highest BCUT2D eigenvalue weighted by Gasteiger charge is 2.32. The number of nitrogens with zero attached hydrogens (tertiary/aromatic N) is 1. The molecule has 1 atom stereocenters. The number of para-hydroxylation sites is 1. The molecule has 24 heavy (non-hydrogen) atoms. The van der Waals surface area contributed by atoms with Crippen LogP contribution in [0.5, 0.6) is 11.5 Å². The zero-order chi connectivity index (χ0) is 16.9. The number of rotatable bonds is 6. The van der Waals surface area contributed by atoms with E-state index in [4.69, 9.17) is 14.2 Å². The Morgan fingerprint density at radius 2 is 1.88 bits per heavy atom. The predicted octanol–water partition coefficient (Wildman–Crippen LogP) is 3.80. The highest BCUT2D eigenvalue weighted by Crippen LogP contribution is 2.25. The number of carbonyl (C=O) groups is 1. The number of amides is 1. The number of benzene rings is 2. The molecular weight excluding hydrogens is 306 g/mol. The molecule has 1 aliphatic heterocycles. The summed E-state index contributed by atoms with van der Waals surface area (Å²) >= 11 is 0. The maximum absolute atomic E-state index is 12.1. The first-order chi connectivity index (χ1) is 11.7. The van der Waals surface area contributed by atoms with Crippen LogP contribution in [0.4, 0.5) is 10.5 Å². The van der Waals surface area contributed by atoms with Gasteiger partial charge in [0.15, 0.2) is 6.10 Å². The van der Waals surface area contributed by atoms with Crippen molar-refractivity contribution in [2.24, 2.45) is 0 Å². The molecule has 0 saturated carbocycles.